The van der Waals surface area contributed by atoms with Gasteiger partial charge >= 0.3 is 5.97 Å². The van der Waals surface area contributed by atoms with Crippen LogP contribution < -0.4 is 0 Å². The van der Waals surface area contributed by atoms with Crippen molar-refractivity contribution in [3.8, 4) is 0 Å². The molecule has 1 aliphatic heterocycles. The van der Waals surface area contributed by atoms with E-state index >= 15 is 0 Å². The van der Waals surface area contributed by atoms with E-state index in [2.05, 4.69) is 13.8 Å². The number of epoxide rings is 1. The minimum Gasteiger partial charge on any atom is -0.371 e. The lowest BCUT2D eigenvalue weighted by Gasteiger charge is -2.47. The van der Waals surface area contributed by atoms with Crippen molar-refractivity contribution in [2.24, 2.45) is 0 Å². The molecule has 1 aliphatic rings. The summed E-state index contributed by atoms with van der Waals surface area (Å²) in [6.07, 6.45) is 9.28. The number of hydrogen-bond acceptors (Lipinski definition) is 5. The van der Waals surface area contributed by atoms with Gasteiger partial charge in [0.05, 0.1) is 13.2 Å². The van der Waals surface area contributed by atoms with E-state index in [1.54, 1.807) is 0 Å². The third kappa shape index (κ3) is 7.08. The van der Waals surface area contributed by atoms with Crippen molar-refractivity contribution >= 4 is 0 Å². The Labute approximate surface area is 161 Å². The van der Waals surface area contributed by atoms with Gasteiger partial charge in [-0.2, -0.15) is 0 Å². The van der Waals surface area contributed by atoms with Crippen molar-refractivity contribution in [1.29, 1.82) is 0 Å². The summed E-state index contributed by atoms with van der Waals surface area (Å²) in [6.45, 7) is 13.2. The topological polar surface area (TPSA) is 49.5 Å². The molecule has 0 aromatic heterocycles. The Morgan fingerprint density at radius 2 is 1.31 bits per heavy atom. The van der Waals surface area contributed by atoms with Gasteiger partial charge in [-0.05, 0) is 33.6 Å². The van der Waals surface area contributed by atoms with Crippen LogP contribution in [-0.4, -0.2) is 50.7 Å². The van der Waals surface area contributed by atoms with E-state index in [0.29, 0.717) is 26.4 Å². The van der Waals surface area contributed by atoms with Gasteiger partial charge in [0, 0.05) is 19.8 Å². The first kappa shape index (κ1) is 23.8. The van der Waals surface area contributed by atoms with E-state index in [4.69, 9.17) is 23.7 Å². The number of hydrogen-bond donors (Lipinski definition) is 0. The van der Waals surface area contributed by atoms with Crippen molar-refractivity contribution in [1.82, 2.24) is 0 Å². The van der Waals surface area contributed by atoms with Crippen LogP contribution >= 0.6 is 0 Å². The molecule has 156 valence electrons. The van der Waals surface area contributed by atoms with E-state index in [1.165, 1.54) is 32.1 Å². The highest BCUT2D eigenvalue weighted by Crippen LogP contribution is 2.41. The Hall–Kier alpha value is -0.200. The normalized spacial score (nSPS) is 19.5. The van der Waals surface area contributed by atoms with Crippen LogP contribution in [0.1, 0.15) is 86.0 Å². The van der Waals surface area contributed by atoms with Gasteiger partial charge in [-0.15, -0.1) is 0 Å². The van der Waals surface area contributed by atoms with E-state index in [9.17, 15) is 0 Å². The maximum absolute atomic E-state index is 6.45. The Morgan fingerprint density at radius 1 is 0.769 bits per heavy atom. The minimum absolute atomic E-state index is 0.202. The summed E-state index contributed by atoms with van der Waals surface area (Å²) in [6, 6.07) is 0. The lowest BCUT2D eigenvalue weighted by molar-refractivity contribution is -0.446. The van der Waals surface area contributed by atoms with Gasteiger partial charge in [0.1, 0.15) is 11.7 Å². The molecule has 0 aromatic rings. The number of unbranched alkanes of at least 4 members (excludes halogenated alkanes) is 5. The molecule has 2 unspecified atom stereocenters. The SMILES string of the molecule is CCCCCCCCC(CC)(OCC1CO1)C(OCC)(OCC)OCC. The Bertz CT molecular complexity index is 328. The highest BCUT2D eigenvalue weighted by atomic mass is 16.9. The molecule has 5 nitrogen and oxygen atoms in total. The molecule has 2 atom stereocenters. The molecule has 1 rings (SSSR count). The first-order valence-electron chi connectivity index (χ1n) is 10.8. The number of rotatable bonds is 18. The van der Waals surface area contributed by atoms with Crippen LogP contribution in [0, 0.1) is 0 Å². The zero-order valence-corrected chi connectivity index (χ0v) is 17.8. The Morgan fingerprint density at radius 3 is 1.77 bits per heavy atom. The van der Waals surface area contributed by atoms with Crippen LogP contribution in [0.15, 0.2) is 0 Å². The standard InChI is InChI=1S/C21H42O5/c1-6-11-12-13-14-15-16-20(7-2,26-18-19-17-22-19)21(23-8-3,24-9-4)25-10-5/h19H,6-18H2,1-5H3. The summed E-state index contributed by atoms with van der Waals surface area (Å²) < 4.78 is 30.1. The first-order chi connectivity index (χ1) is 12.6. The fraction of sp³-hybridized carbons (Fsp3) is 1.00. The predicted octanol–water partition coefficient (Wildman–Crippen LogP) is 5.06. The first-order valence-corrected chi connectivity index (χ1v) is 10.8. The molecule has 0 N–H and O–H groups in total. The molecule has 1 heterocycles. The molecule has 0 spiro atoms. The molecule has 0 aromatic carbocycles. The summed E-state index contributed by atoms with van der Waals surface area (Å²) >= 11 is 0. The van der Waals surface area contributed by atoms with E-state index in [-0.39, 0.29) is 6.10 Å². The van der Waals surface area contributed by atoms with Crippen molar-refractivity contribution < 1.29 is 23.7 Å². The maximum Gasteiger partial charge on any atom is 0.313 e. The molecule has 0 saturated carbocycles. The minimum atomic E-state index is -1.15. The molecular formula is C21H42O5. The third-order valence-electron chi connectivity index (χ3n) is 5.01. The lowest BCUT2D eigenvalue weighted by atomic mass is 9.89. The van der Waals surface area contributed by atoms with Crippen LogP contribution in [0.2, 0.25) is 0 Å². The molecule has 0 amide bonds. The second kappa shape index (κ2) is 13.1. The maximum atomic E-state index is 6.45. The van der Waals surface area contributed by atoms with Crippen molar-refractivity contribution in [3.05, 3.63) is 0 Å². The summed E-state index contributed by atoms with van der Waals surface area (Å²) in [5, 5.41) is 0. The summed E-state index contributed by atoms with van der Waals surface area (Å²) in [5.74, 6) is -1.15. The summed E-state index contributed by atoms with van der Waals surface area (Å²) in [4.78, 5) is 0. The van der Waals surface area contributed by atoms with Crippen molar-refractivity contribution in [2.75, 3.05) is 33.0 Å². The van der Waals surface area contributed by atoms with E-state index in [1.807, 2.05) is 20.8 Å². The van der Waals surface area contributed by atoms with Crippen LogP contribution in [0.25, 0.3) is 0 Å². The second-order valence-electron chi connectivity index (χ2n) is 6.99. The summed E-state index contributed by atoms with van der Waals surface area (Å²) in [7, 11) is 0. The van der Waals surface area contributed by atoms with Crippen LogP contribution in [-0.2, 0) is 23.7 Å². The summed E-state index contributed by atoms with van der Waals surface area (Å²) in [5.41, 5.74) is -0.619. The fourth-order valence-corrected chi connectivity index (χ4v) is 3.51. The molecule has 0 bridgehead atoms. The van der Waals surface area contributed by atoms with Gasteiger partial charge in [-0.1, -0.05) is 52.4 Å². The zero-order chi connectivity index (χ0) is 19.3. The Balaban J connectivity index is 2.88. The number of ether oxygens (including phenoxy) is 5. The van der Waals surface area contributed by atoms with Gasteiger partial charge in [0.2, 0.25) is 0 Å². The molecule has 1 fully saturated rings. The van der Waals surface area contributed by atoms with Gasteiger partial charge in [0.15, 0.2) is 0 Å². The second-order valence-corrected chi connectivity index (χ2v) is 6.99. The van der Waals surface area contributed by atoms with Crippen LogP contribution in [0.5, 0.6) is 0 Å². The van der Waals surface area contributed by atoms with Crippen molar-refractivity contribution in [3.63, 3.8) is 0 Å². The average Bonchev–Trinajstić information content (AvgIpc) is 3.46. The Kier molecular flexibility index (Phi) is 12.0. The molecule has 26 heavy (non-hydrogen) atoms. The largest absolute Gasteiger partial charge is 0.371 e. The molecule has 0 aliphatic carbocycles. The van der Waals surface area contributed by atoms with Gasteiger partial charge in [0.25, 0.3) is 0 Å². The van der Waals surface area contributed by atoms with Crippen molar-refractivity contribution in [2.45, 2.75) is 104 Å². The van der Waals surface area contributed by atoms with Crippen LogP contribution in [0.3, 0.4) is 0 Å². The van der Waals surface area contributed by atoms with Gasteiger partial charge < -0.3 is 23.7 Å². The van der Waals surface area contributed by atoms with Gasteiger partial charge in [-0.25, -0.2) is 0 Å². The average molecular weight is 375 g/mol. The van der Waals surface area contributed by atoms with Crippen LogP contribution in [0.4, 0.5) is 0 Å². The predicted molar refractivity (Wildman–Crippen MR) is 104 cm³/mol. The molecule has 1 saturated heterocycles. The smallest absolute Gasteiger partial charge is 0.313 e. The molecule has 5 heteroatoms. The highest BCUT2D eigenvalue weighted by molar-refractivity contribution is 4.91. The quantitative estimate of drug-likeness (QED) is 0.191. The molecule has 0 radical (unpaired) electrons. The van der Waals surface area contributed by atoms with Gasteiger partial charge in [-0.3, -0.25) is 0 Å². The van der Waals surface area contributed by atoms with E-state index in [0.717, 1.165) is 25.9 Å². The lowest BCUT2D eigenvalue weighted by Crippen LogP contribution is -2.61. The molecular weight excluding hydrogens is 332 g/mol. The monoisotopic (exact) mass is 374 g/mol. The third-order valence-corrected chi connectivity index (χ3v) is 5.01. The fourth-order valence-electron chi connectivity index (χ4n) is 3.51. The van der Waals surface area contributed by atoms with E-state index < -0.39 is 11.6 Å². The zero-order valence-electron chi connectivity index (χ0n) is 17.8. The highest BCUT2D eigenvalue weighted by Gasteiger charge is 2.55.